The van der Waals surface area contributed by atoms with Crippen LogP contribution >= 0.6 is 0 Å². The van der Waals surface area contributed by atoms with Crippen LogP contribution < -0.4 is 10.1 Å². The molecule has 0 saturated heterocycles. The van der Waals surface area contributed by atoms with Gasteiger partial charge < -0.3 is 9.64 Å². The minimum Gasteiger partial charge on any atom is -0.497 e. The molecule has 0 aliphatic heterocycles. The highest BCUT2D eigenvalue weighted by atomic mass is 16.5. The van der Waals surface area contributed by atoms with Crippen LogP contribution in [0.4, 0.5) is 0 Å². The predicted octanol–water partition coefficient (Wildman–Crippen LogP) is 1.82. The Hall–Kier alpha value is -1.55. The summed E-state index contributed by atoms with van der Waals surface area (Å²) in [5, 5.41) is 3.28. The molecule has 0 aliphatic rings. The van der Waals surface area contributed by atoms with Crippen LogP contribution in [0, 0.1) is 0 Å². The highest BCUT2D eigenvalue weighted by Gasteiger charge is 2.17. The summed E-state index contributed by atoms with van der Waals surface area (Å²) in [7, 11) is 5.17. The maximum absolute atomic E-state index is 11.8. The molecule has 4 heteroatoms. The van der Waals surface area contributed by atoms with Crippen LogP contribution in [0.25, 0.3) is 0 Å². The van der Waals surface area contributed by atoms with Crippen molar-refractivity contribution in [3.05, 3.63) is 29.8 Å². The van der Waals surface area contributed by atoms with E-state index in [9.17, 15) is 4.79 Å². The SMILES string of the molecule is COc1cccc(C(C)NC(C)C(=O)N(C)C)c1. The van der Waals surface area contributed by atoms with Gasteiger partial charge in [0.25, 0.3) is 0 Å². The molecule has 4 nitrogen and oxygen atoms in total. The molecule has 18 heavy (non-hydrogen) atoms. The standard InChI is InChI=1S/C14H22N2O2/c1-10(15-11(2)14(17)16(3)4)12-7-6-8-13(9-12)18-5/h6-11,15H,1-5H3. The summed E-state index contributed by atoms with van der Waals surface area (Å²) in [6, 6.07) is 7.74. The fourth-order valence-electron chi connectivity index (χ4n) is 1.84. The van der Waals surface area contributed by atoms with Gasteiger partial charge in [0, 0.05) is 20.1 Å². The number of hydrogen-bond acceptors (Lipinski definition) is 3. The Bertz CT molecular complexity index is 405. The zero-order valence-corrected chi connectivity index (χ0v) is 11.7. The molecule has 0 fully saturated rings. The molecule has 2 atom stereocenters. The molecule has 1 rings (SSSR count). The monoisotopic (exact) mass is 250 g/mol. The van der Waals surface area contributed by atoms with Gasteiger partial charge in [0.2, 0.25) is 5.91 Å². The first-order chi connectivity index (χ1) is 8.45. The Labute approximate surface area is 109 Å². The van der Waals surface area contributed by atoms with Crippen LogP contribution in [0.1, 0.15) is 25.5 Å². The quantitative estimate of drug-likeness (QED) is 0.866. The molecule has 0 aromatic heterocycles. The van der Waals surface area contributed by atoms with Gasteiger partial charge in [-0.1, -0.05) is 12.1 Å². The summed E-state index contributed by atoms with van der Waals surface area (Å²) in [4.78, 5) is 13.4. The van der Waals surface area contributed by atoms with Crippen LogP contribution in [0.3, 0.4) is 0 Å². The molecule has 1 amide bonds. The Morgan fingerprint density at radius 2 is 2.00 bits per heavy atom. The average Bonchev–Trinajstić information content (AvgIpc) is 2.37. The highest BCUT2D eigenvalue weighted by Crippen LogP contribution is 2.19. The van der Waals surface area contributed by atoms with Crippen molar-refractivity contribution < 1.29 is 9.53 Å². The van der Waals surface area contributed by atoms with Gasteiger partial charge in [0.15, 0.2) is 0 Å². The van der Waals surface area contributed by atoms with Crippen molar-refractivity contribution in [2.24, 2.45) is 0 Å². The first kappa shape index (κ1) is 14.5. The number of ether oxygens (including phenoxy) is 1. The first-order valence-electron chi connectivity index (χ1n) is 6.07. The zero-order valence-electron chi connectivity index (χ0n) is 11.7. The third-order valence-corrected chi connectivity index (χ3v) is 2.90. The van der Waals surface area contributed by atoms with E-state index in [-0.39, 0.29) is 18.0 Å². The maximum atomic E-state index is 11.8. The molecule has 1 aromatic rings. The first-order valence-corrected chi connectivity index (χ1v) is 6.07. The number of amides is 1. The van der Waals surface area contributed by atoms with E-state index in [2.05, 4.69) is 5.32 Å². The summed E-state index contributed by atoms with van der Waals surface area (Å²) in [6.07, 6.45) is 0. The van der Waals surface area contributed by atoms with Gasteiger partial charge in [-0.15, -0.1) is 0 Å². The summed E-state index contributed by atoms with van der Waals surface area (Å²) in [6.45, 7) is 3.91. The number of nitrogens with zero attached hydrogens (tertiary/aromatic N) is 1. The lowest BCUT2D eigenvalue weighted by atomic mass is 10.1. The lowest BCUT2D eigenvalue weighted by Gasteiger charge is -2.22. The fraction of sp³-hybridized carbons (Fsp3) is 0.500. The van der Waals surface area contributed by atoms with Gasteiger partial charge in [-0.25, -0.2) is 0 Å². The van der Waals surface area contributed by atoms with Gasteiger partial charge >= 0.3 is 0 Å². The van der Waals surface area contributed by atoms with Crippen molar-refractivity contribution in [2.75, 3.05) is 21.2 Å². The van der Waals surface area contributed by atoms with E-state index in [1.54, 1.807) is 26.1 Å². The molecule has 100 valence electrons. The number of carbonyl (C=O) groups excluding carboxylic acids is 1. The van der Waals surface area contributed by atoms with E-state index in [0.29, 0.717) is 0 Å². The van der Waals surface area contributed by atoms with E-state index >= 15 is 0 Å². The Balaban J connectivity index is 2.69. The second kappa shape index (κ2) is 6.40. The molecule has 0 heterocycles. The Morgan fingerprint density at radius 3 is 2.56 bits per heavy atom. The molecule has 0 aliphatic carbocycles. The van der Waals surface area contributed by atoms with E-state index in [1.807, 2.05) is 38.1 Å². The normalized spacial score (nSPS) is 13.8. The van der Waals surface area contributed by atoms with Crippen LogP contribution in [-0.2, 0) is 4.79 Å². The summed E-state index contributed by atoms with van der Waals surface area (Å²) >= 11 is 0. The molecule has 0 saturated carbocycles. The van der Waals surface area contributed by atoms with Crippen LogP contribution in [0.2, 0.25) is 0 Å². The molecular weight excluding hydrogens is 228 g/mol. The largest absolute Gasteiger partial charge is 0.497 e. The van der Waals surface area contributed by atoms with Gasteiger partial charge in [0.05, 0.1) is 13.2 Å². The topological polar surface area (TPSA) is 41.6 Å². The molecule has 0 radical (unpaired) electrons. The number of likely N-dealkylation sites (N-methyl/N-ethyl adjacent to an activating group) is 1. The Kier molecular flexibility index (Phi) is 5.16. The van der Waals surface area contributed by atoms with E-state index in [0.717, 1.165) is 11.3 Å². The molecule has 2 unspecified atom stereocenters. The van der Waals surface area contributed by atoms with Gasteiger partial charge in [0.1, 0.15) is 5.75 Å². The number of nitrogens with one attached hydrogen (secondary N) is 1. The zero-order chi connectivity index (χ0) is 13.7. The minimum absolute atomic E-state index is 0.0738. The van der Waals surface area contributed by atoms with Gasteiger partial charge in [-0.3, -0.25) is 10.1 Å². The molecule has 0 spiro atoms. The lowest BCUT2D eigenvalue weighted by molar-refractivity contribution is -0.130. The van der Waals surface area contributed by atoms with Crippen LogP contribution in [0.5, 0.6) is 5.75 Å². The molecule has 0 bridgehead atoms. The highest BCUT2D eigenvalue weighted by molar-refractivity contribution is 5.80. The molecule has 1 N–H and O–H groups in total. The number of hydrogen-bond donors (Lipinski definition) is 1. The molecule has 1 aromatic carbocycles. The summed E-state index contributed by atoms with van der Waals surface area (Å²) < 4.78 is 5.19. The van der Waals surface area contributed by atoms with Gasteiger partial charge in [-0.05, 0) is 31.5 Å². The van der Waals surface area contributed by atoms with Crippen molar-refractivity contribution >= 4 is 5.91 Å². The van der Waals surface area contributed by atoms with E-state index in [1.165, 1.54) is 0 Å². The molecular formula is C14H22N2O2. The number of benzene rings is 1. The smallest absolute Gasteiger partial charge is 0.238 e. The maximum Gasteiger partial charge on any atom is 0.238 e. The van der Waals surface area contributed by atoms with Crippen molar-refractivity contribution in [3.63, 3.8) is 0 Å². The average molecular weight is 250 g/mol. The number of rotatable bonds is 5. The van der Waals surface area contributed by atoms with Crippen molar-refractivity contribution in [3.8, 4) is 5.75 Å². The van der Waals surface area contributed by atoms with Crippen LogP contribution in [0.15, 0.2) is 24.3 Å². The second-order valence-electron chi connectivity index (χ2n) is 4.62. The van der Waals surface area contributed by atoms with E-state index < -0.39 is 0 Å². The van der Waals surface area contributed by atoms with Crippen molar-refractivity contribution in [2.45, 2.75) is 25.9 Å². The third kappa shape index (κ3) is 3.74. The summed E-state index contributed by atoms with van der Waals surface area (Å²) in [5.41, 5.74) is 1.10. The van der Waals surface area contributed by atoms with Crippen LogP contribution in [-0.4, -0.2) is 38.1 Å². The van der Waals surface area contributed by atoms with Crippen molar-refractivity contribution in [1.82, 2.24) is 10.2 Å². The summed E-state index contributed by atoms with van der Waals surface area (Å²) in [5.74, 6) is 0.900. The number of methoxy groups -OCH3 is 1. The fourth-order valence-corrected chi connectivity index (χ4v) is 1.84. The second-order valence-corrected chi connectivity index (χ2v) is 4.62. The van der Waals surface area contributed by atoms with Crippen molar-refractivity contribution in [1.29, 1.82) is 0 Å². The third-order valence-electron chi connectivity index (χ3n) is 2.90. The Morgan fingerprint density at radius 1 is 1.33 bits per heavy atom. The number of carbonyl (C=O) groups is 1. The van der Waals surface area contributed by atoms with Gasteiger partial charge in [-0.2, -0.15) is 0 Å². The predicted molar refractivity (Wildman–Crippen MR) is 72.7 cm³/mol. The minimum atomic E-state index is -0.207. The lowest BCUT2D eigenvalue weighted by Crippen LogP contribution is -2.42. The van der Waals surface area contributed by atoms with E-state index in [4.69, 9.17) is 4.74 Å².